The van der Waals surface area contributed by atoms with E-state index in [9.17, 15) is 0 Å². The topological polar surface area (TPSA) is 0 Å². The largest absolute Gasteiger partial charge is 0.0776 e. The van der Waals surface area contributed by atoms with Gasteiger partial charge in [0.15, 0.2) is 0 Å². The number of benzene rings is 1. The number of hydrogen-bond donors (Lipinski definition) is 0. The van der Waals surface area contributed by atoms with Gasteiger partial charge in [0, 0.05) is 0 Å². The molecule has 126 valence electrons. The van der Waals surface area contributed by atoms with E-state index in [1.165, 1.54) is 24.0 Å². The summed E-state index contributed by atoms with van der Waals surface area (Å²) in [6.45, 7) is 16.8. The Bertz CT molecular complexity index is 194. The summed E-state index contributed by atoms with van der Waals surface area (Å²) in [7, 11) is 0. The fourth-order valence-corrected chi connectivity index (χ4v) is 0.824. The molecule has 0 heterocycles. The highest BCUT2D eigenvalue weighted by molar-refractivity contribution is 5.20. The molecule has 1 aromatic carbocycles. The minimum absolute atomic E-state index is 0. The summed E-state index contributed by atoms with van der Waals surface area (Å²) in [5, 5.41) is 0. The van der Waals surface area contributed by atoms with Gasteiger partial charge in [0.05, 0.1) is 0 Å². The van der Waals surface area contributed by atoms with Crippen LogP contribution in [-0.2, 0) is 6.42 Å². The molecule has 0 amide bonds. The van der Waals surface area contributed by atoms with Crippen molar-refractivity contribution in [2.24, 2.45) is 0 Å². The summed E-state index contributed by atoms with van der Waals surface area (Å²) in [4.78, 5) is 0. The zero-order valence-corrected chi connectivity index (χ0v) is 13.4. The minimum Gasteiger partial charge on any atom is -0.0776 e. The second-order valence-corrected chi connectivity index (χ2v) is 3.75. The Balaban J connectivity index is -0.0000000388. The zero-order valence-electron chi connectivity index (χ0n) is 13.4. The van der Waals surface area contributed by atoms with Crippen LogP contribution in [0.4, 0.5) is 0 Å². The molecule has 0 radical (unpaired) electrons. The first-order valence-corrected chi connectivity index (χ1v) is 7.21. The van der Waals surface area contributed by atoms with E-state index in [1.54, 1.807) is 0 Å². The molecule has 1 aromatic rings. The van der Waals surface area contributed by atoms with Crippen molar-refractivity contribution in [1.29, 1.82) is 0 Å². The maximum Gasteiger partial charge on any atom is -0.0307 e. The van der Waals surface area contributed by atoms with Crippen LogP contribution in [0.15, 0.2) is 24.3 Å². The van der Waals surface area contributed by atoms with E-state index in [1.807, 2.05) is 13.8 Å². The summed E-state index contributed by atoms with van der Waals surface area (Å²) in [5.74, 6) is 0. The van der Waals surface area contributed by atoms with E-state index < -0.39 is 0 Å². The molecule has 0 aliphatic heterocycles. The Morgan fingerprint density at radius 1 is 0.650 bits per heavy atom. The Labute approximate surface area is 133 Å². The highest BCUT2D eigenvalue weighted by Gasteiger charge is 1.84. The second-order valence-electron chi connectivity index (χ2n) is 3.75. The predicted molar refractivity (Wildman–Crippen MR) is 104 cm³/mol. The first-order valence-electron chi connectivity index (χ1n) is 7.21. The van der Waals surface area contributed by atoms with Crippen LogP contribution in [0.1, 0.15) is 94.7 Å². The van der Waals surface area contributed by atoms with Crippen molar-refractivity contribution in [3.63, 3.8) is 0 Å². The molecule has 1 rings (SSSR count). The van der Waals surface area contributed by atoms with Crippen LogP contribution in [0.5, 0.6) is 0 Å². The summed E-state index contributed by atoms with van der Waals surface area (Å²) in [6, 6.07) is 8.66. The van der Waals surface area contributed by atoms with Gasteiger partial charge in [0.1, 0.15) is 0 Å². The summed E-state index contributed by atoms with van der Waals surface area (Å²) < 4.78 is 0. The monoisotopic (exact) mass is 286 g/mol. The normalized spacial score (nSPS) is 6.40. The van der Waals surface area contributed by atoms with Crippen molar-refractivity contribution in [2.75, 3.05) is 0 Å². The van der Waals surface area contributed by atoms with E-state index in [0.717, 1.165) is 6.42 Å². The van der Waals surface area contributed by atoms with Crippen LogP contribution in [0, 0.1) is 6.92 Å². The van der Waals surface area contributed by atoms with E-state index in [0.29, 0.717) is 0 Å². The van der Waals surface area contributed by atoms with Gasteiger partial charge in [0.25, 0.3) is 0 Å². The number of rotatable bonds is 1. The second kappa shape index (κ2) is 36.2. The van der Waals surface area contributed by atoms with Gasteiger partial charge in [-0.1, -0.05) is 113 Å². The zero-order chi connectivity index (χ0) is 14.1. The molecule has 0 saturated carbocycles. The van der Waals surface area contributed by atoms with Gasteiger partial charge in [-0.15, -0.1) is 0 Å². The van der Waals surface area contributed by atoms with Gasteiger partial charge < -0.3 is 0 Å². The lowest BCUT2D eigenvalue weighted by molar-refractivity contribution is 1.09. The van der Waals surface area contributed by atoms with Crippen LogP contribution >= 0.6 is 0 Å². The van der Waals surface area contributed by atoms with Crippen LogP contribution in [0.2, 0.25) is 0 Å². The number of aryl methyl sites for hydroxylation is 2. The SMILES string of the molecule is C.C.C.CC.CCC.CCC.CCc1ccc(C)cc1. The third-order valence-electron chi connectivity index (χ3n) is 1.53. The molecule has 0 unspecified atom stereocenters. The van der Waals surface area contributed by atoms with Gasteiger partial charge in [-0.3, -0.25) is 0 Å². The Kier molecular flexibility index (Phi) is 66.0. The standard InChI is InChI=1S/C9H12.2C3H8.C2H6.3CH4/c1-3-9-6-4-8(2)5-7-9;2*1-3-2;1-2;;;/h4-7H,3H2,1-2H3;2*3H2,1-2H3;1-2H3;3*1H4. The average Bonchev–Trinajstić information content (AvgIpc) is 2.35. The van der Waals surface area contributed by atoms with E-state index >= 15 is 0 Å². The lowest BCUT2D eigenvalue weighted by atomic mass is 10.1. The third-order valence-corrected chi connectivity index (χ3v) is 1.53. The van der Waals surface area contributed by atoms with E-state index in [-0.39, 0.29) is 22.3 Å². The fourth-order valence-electron chi connectivity index (χ4n) is 0.824. The average molecular weight is 287 g/mol. The quantitative estimate of drug-likeness (QED) is 0.486. The smallest absolute Gasteiger partial charge is 0.0307 e. The third kappa shape index (κ3) is 36.0. The Morgan fingerprint density at radius 2 is 0.900 bits per heavy atom. The maximum atomic E-state index is 2.18. The van der Waals surface area contributed by atoms with Crippen LogP contribution < -0.4 is 0 Å². The van der Waals surface area contributed by atoms with E-state index in [4.69, 9.17) is 0 Å². The van der Waals surface area contributed by atoms with Gasteiger partial charge in [-0.25, -0.2) is 0 Å². The first kappa shape index (κ1) is 36.5. The summed E-state index contributed by atoms with van der Waals surface area (Å²) in [5.41, 5.74) is 2.76. The molecule has 0 saturated heterocycles. The molecule has 0 heteroatoms. The Morgan fingerprint density at radius 3 is 1.10 bits per heavy atom. The Hall–Kier alpha value is -0.780. The van der Waals surface area contributed by atoms with Crippen LogP contribution in [-0.4, -0.2) is 0 Å². The highest BCUT2D eigenvalue weighted by Crippen LogP contribution is 2.02. The lowest BCUT2D eigenvalue weighted by Gasteiger charge is -1.94. The highest BCUT2D eigenvalue weighted by atomic mass is 13.9. The van der Waals surface area contributed by atoms with Crippen molar-refractivity contribution in [2.45, 2.75) is 96.9 Å². The van der Waals surface area contributed by atoms with E-state index in [2.05, 4.69) is 65.8 Å². The molecule has 0 aliphatic carbocycles. The molecule has 0 fully saturated rings. The predicted octanol–water partition coefficient (Wildman–Crippen LogP) is 8.32. The molecule has 0 N–H and O–H groups in total. The fraction of sp³-hybridized carbons (Fsp3) is 0.700. The van der Waals surface area contributed by atoms with Crippen molar-refractivity contribution < 1.29 is 0 Å². The van der Waals surface area contributed by atoms with Crippen molar-refractivity contribution in [1.82, 2.24) is 0 Å². The molecular weight excluding hydrogens is 240 g/mol. The molecular formula is C20H46. The van der Waals surface area contributed by atoms with Crippen LogP contribution in [0.25, 0.3) is 0 Å². The molecule has 0 atom stereocenters. The molecule has 0 bridgehead atoms. The molecule has 0 aromatic heterocycles. The molecule has 0 aliphatic rings. The first-order chi connectivity index (χ1) is 8.15. The van der Waals surface area contributed by atoms with Gasteiger partial charge in [0.2, 0.25) is 0 Å². The summed E-state index contributed by atoms with van der Waals surface area (Å²) in [6.07, 6.45) is 3.64. The van der Waals surface area contributed by atoms with Crippen LogP contribution in [0.3, 0.4) is 0 Å². The van der Waals surface area contributed by atoms with Gasteiger partial charge in [-0.05, 0) is 18.9 Å². The van der Waals surface area contributed by atoms with Gasteiger partial charge >= 0.3 is 0 Å². The lowest BCUT2D eigenvalue weighted by Crippen LogP contribution is -1.77. The maximum absolute atomic E-state index is 2.18. The molecule has 20 heavy (non-hydrogen) atoms. The molecule has 0 spiro atoms. The van der Waals surface area contributed by atoms with Gasteiger partial charge in [-0.2, -0.15) is 0 Å². The van der Waals surface area contributed by atoms with Crippen molar-refractivity contribution >= 4 is 0 Å². The van der Waals surface area contributed by atoms with Crippen molar-refractivity contribution in [3.8, 4) is 0 Å². The van der Waals surface area contributed by atoms with Crippen molar-refractivity contribution in [3.05, 3.63) is 35.4 Å². The summed E-state index contributed by atoms with van der Waals surface area (Å²) >= 11 is 0. The number of hydrogen-bond acceptors (Lipinski definition) is 0. The molecule has 0 nitrogen and oxygen atoms in total. The minimum atomic E-state index is 0.